The Morgan fingerprint density at radius 3 is 2.69 bits per heavy atom. The summed E-state index contributed by atoms with van der Waals surface area (Å²) < 4.78 is 43.3. The smallest absolute Gasteiger partial charge is 0.321 e. The van der Waals surface area contributed by atoms with E-state index in [1.54, 1.807) is 18.4 Å². The van der Waals surface area contributed by atoms with E-state index in [1.165, 1.54) is 42.7 Å². The average Bonchev–Trinajstić information content (AvgIpc) is 2.99. The number of likely N-dealkylation sites (N-methyl/N-ethyl adjacent to an activating group) is 1. The van der Waals surface area contributed by atoms with Crippen LogP contribution in [0.15, 0.2) is 50.3 Å². The number of nitrogens with one attached hydrogen (secondary N) is 1. The highest BCUT2D eigenvalue weighted by Gasteiger charge is 2.30. The number of halogens is 2. The van der Waals surface area contributed by atoms with Crippen LogP contribution >= 0.6 is 27.3 Å². The maximum absolute atomic E-state index is 13.4. The van der Waals surface area contributed by atoms with Gasteiger partial charge < -0.3 is 5.32 Å². The van der Waals surface area contributed by atoms with E-state index in [2.05, 4.69) is 25.6 Å². The number of hydrogen-bond acceptors (Lipinski definition) is 4. The van der Waals surface area contributed by atoms with Crippen molar-refractivity contribution < 1.29 is 17.6 Å². The first-order valence-corrected chi connectivity index (χ1v) is 10.4. The predicted molar refractivity (Wildman–Crippen MR) is 103 cm³/mol. The molecule has 0 saturated heterocycles. The molecule has 2 aromatic rings. The molecule has 2 heterocycles. The molecule has 0 atom stereocenters. The summed E-state index contributed by atoms with van der Waals surface area (Å²) in [6.07, 6.45) is 1.41. The van der Waals surface area contributed by atoms with E-state index < -0.39 is 21.9 Å². The molecule has 10 heteroatoms. The summed E-state index contributed by atoms with van der Waals surface area (Å²) in [6.45, 7) is 1.57. The number of carbonyl (C=O) groups is 1. The van der Waals surface area contributed by atoms with Crippen molar-refractivity contribution in [3.63, 3.8) is 0 Å². The molecule has 0 unspecified atom stereocenters. The second kappa shape index (κ2) is 6.93. The van der Waals surface area contributed by atoms with Crippen molar-refractivity contribution >= 4 is 54.8 Å². The van der Waals surface area contributed by atoms with Crippen molar-refractivity contribution in [2.45, 2.75) is 6.92 Å². The van der Waals surface area contributed by atoms with E-state index in [0.29, 0.717) is 16.1 Å². The lowest BCUT2D eigenvalue weighted by molar-refractivity contribution is -0.113. The minimum Gasteiger partial charge on any atom is -0.321 e. The summed E-state index contributed by atoms with van der Waals surface area (Å²) in [5, 5.41) is 4.37. The molecule has 6 nitrogen and oxygen atoms in total. The van der Waals surface area contributed by atoms with E-state index in [1.807, 2.05) is 0 Å². The van der Waals surface area contributed by atoms with Crippen LogP contribution in [0.1, 0.15) is 10.4 Å². The Labute approximate surface area is 162 Å². The van der Waals surface area contributed by atoms with Crippen molar-refractivity contribution in [2.24, 2.45) is 4.40 Å². The summed E-state index contributed by atoms with van der Waals surface area (Å²) in [5.74, 6) is -1.03. The molecular weight excluding hydrogens is 445 g/mol. The van der Waals surface area contributed by atoms with Gasteiger partial charge in [-0.1, -0.05) is 0 Å². The zero-order valence-corrected chi connectivity index (χ0v) is 16.9. The van der Waals surface area contributed by atoms with Gasteiger partial charge in [-0.3, -0.25) is 4.79 Å². The first kappa shape index (κ1) is 18.7. The lowest BCUT2D eigenvalue weighted by atomic mass is 10.2. The first-order chi connectivity index (χ1) is 12.2. The molecule has 1 aromatic carbocycles. The number of rotatable bonds is 3. The first-order valence-electron chi connectivity index (χ1n) is 7.30. The molecule has 0 aliphatic carbocycles. The highest BCUT2D eigenvalue weighted by atomic mass is 79.9. The Morgan fingerprint density at radius 1 is 1.35 bits per heavy atom. The predicted octanol–water partition coefficient (Wildman–Crippen LogP) is 3.46. The van der Waals surface area contributed by atoms with Gasteiger partial charge >= 0.3 is 10.2 Å². The van der Waals surface area contributed by atoms with Crippen LogP contribution in [0.2, 0.25) is 0 Å². The van der Waals surface area contributed by atoms with E-state index >= 15 is 0 Å². The summed E-state index contributed by atoms with van der Waals surface area (Å²) >= 11 is 4.61. The van der Waals surface area contributed by atoms with Crippen LogP contribution in [0.25, 0.3) is 0 Å². The number of benzene rings is 1. The topological polar surface area (TPSA) is 78.8 Å². The molecule has 1 aliphatic rings. The van der Waals surface area contributed by atoms with E-state index in [0.717, 1.165) is 8.78 Å². The number of carbonyl (C=O) groups excluding carboxylic acids is 1. The molecule has 0 spiro atoms. The van der Waals surface area contributed by atoms with Crippen LogP contribution in [0.3, 0.4) is 0 Å². The Kier molecular flexibility index (Phi) is 5.00. The monoisotopic (exact) mass is 457 g/mol. The van der Waals surface area contributed by atoms with Crippen molar-refractivity contribution in [3.8, 4) is 0 Å². The fourth-order valence-electron chi connectivity index (χ4n) is 2.25. The number of nitrogens with zero attached hydrogens (tertiary/aromatic N) is 2. The number of allylic oxidation sites excluding steroid dienone is 1. The molecule has 0 saturated carbocycles. The number of aryl methyl sites for hydroxylation is 1. The average molecular weight is 458 g/mol. The van der Waals surface area contributed by atoms with Crippen molar-refractivity contribution in [3.05, 3.63) is 62.1 Å². The quantitative estimate of drug-likeness (QED) is 0.766. The van der Waals surface area contributed by atoms with Gasteiger partial charge in [0.1, 0.15) is 11.5 Å². The second-order valence-electron chi connectivity index (χ2n) is 5.50. The third kappa shape index (κ3) is 3.71. The molecule has 1 N–H and O–H groups in total. The summed E-state index contributed by atoms with van der Waals surface area (Å²) in [7, 11) is -2.78. The Bertz CT molecular complexity index is 1060. The van der Waals surface area contributed by atoms with E-state index in [9.17, 15) is 17.6 Å². The number of hydrogen-bond donors (Lipinski definition) is 1. The molecular formula is C16H13BrFN3O3S2. The Balaban J connectivity index is 1.95. The maximum atomic E-state index is 13.4. The van der Waals surface area contributed by atoms with Gasteiger partial charge in [-0.2, -0.15) is 8.42 Å². The standard InChI is InChI=1S/C16H13BrFN3O3S2/c1-9-5-11(3-4-12(9)18)19-16(22)14-7-13(15-6-10(17)8-25-15)20-26(23,24)21(14)2/h3-8H,1-2H3,(H,19,22). The largest absolute Gasteiger partial charge is 0.345 e. The zero-order chi connectivity index (χ0) is 19.1. The van der Waals surface area contributed by atoms with E-state index in [-0.39, 0.29) is 11.4 Å². The molecule has 0 fully saturated rings. The summed E-state index contributed by atoms with van der Waals surface area (Å²) in [4.78, 5) is 13.2. The fourth-order valence-corrected chi connectivity index (χ4v) is 4.60. The van der Waals surface area contributed by atoms with Crippen LogP contribution in [0.5, 0.6) is 0 Å². The Morgan fingerprint density at radius 2 is 2.08 bits per heavy atom. The van der Waals surface area contributed by atoms with Crippen LogP contribution in [-0.2, 0) is 15.0 Å². The number of thiophene rings is 1. The molecule has 136 valence electrons. The molecule has 3 rings (SSSR count). The minimum absolute atomic E-state index is 0.0819. The maximum Gasteiger partial charge on any atom is 0.345 e. The van der Waals surface area contributed by atoms with Gasteiger partial charge in [0.2, 0.25) is 0 Å². The van der Waals surface area contributed by atoms with Gasteiger partial charge in [0.15, 0.2) is 0 Å². The van der Waals surface area contributed by atoms with Gasteiger partial charge in [0, 0.05) is 22.6 Å². The molecule has 1 aromatic heterocycles. The van der Waals surface area contributed by atoms with Crippen molar-refractivity contribution in [1.29, 1.82) is 0 Å². The van der Waals surface area contributed by atoms with Crippen molar-refractivity contribution in [1.82, 2.24) is 4.31 Å². The highest BCUT2D eigenvalue weighted by molar-refractivity contribution is 9.10. The number of anilines is 1. The zero-order valence-electron chi connectivity index (χ0n) is 13.7. The molecule has 1 aliphatic heterocycles. The van der Waals surface area contributed by atoms with Gasteiger partial charge in [0.05, 0.1) is 10.6 Å². The highest BCUT2D eigenvalue weighted by Crippen LogP contribution is 2.26. The number of amides is 1. The summed E-state index contributed by atoms with van der Waals surface area (Å²) in [5.41, 5.74) is 0.830. The minimum atomic E-state index is -4.03. The van der Waals surface area contributed by atoms with Gasteiger partial charge in [-0.15, -0.1) is 15.7 Å². The van der Waals surface area contributed by atoms with E-state index in [4.69, 9.17) is 0 Å². The summed E-state index contributed by atoms with van der Waals surface area (Å²) in [6, 6.07) is 5.83. The lowest BCUT2D eigenvalue weighted by Crippen LogP contribution is -2.35. The molecule has 1 amide bonds. The van der Waals surface area contributed by atoms with Crippen LogP contribution in [-0.4, -0.2) is 31.4 Å². The van der Waals surface area contributed by atoms with Crippen LogP contribution in [0.4, 0.5) is 10.1 Å². The lowest BCUT2D eigenvalue weighted by Gasteiger charge is -2.23. The molecule has 0 bridgehead atoms. The third-order valence-corrected chi connectivity index (χ3v) is 6.67. The second-order valence-corrected chi connectivity index (χ2v) is 8.95. The van der Waals surface area contributed by atoms with Crippen LogP contribution in [0, 0.1) is 12.7 Å². The van der Waals surface area contributed by atoms with Gasteiger partial charge in [-0.25, -0.2) is 8.70 Å². The fraction of sp³-hybridized carbons (Fsp3) is 0.125. The normalized spacial score (nSPS) is 16.1. The van der Waals surface area contributed by atoms with Gasteiger partial charge in [0.25, 0.3) is 5.91 Å². The third-order valence-electron chi connectivity index (χ3n) is 3.64. The molecule has 0 radical (unpaired) electrons. The Hall–Kier alpha value is -2.04. The molecule has 26 heavy (non-hydrogen) atoms. The van der Waals surface area contributed by atoms with Crippen LogP contribution < -0.4 is 5.32 Å². The van der Waals surface area contributed by atoms with Crippen molar-refractivity contribution in [2.75, 3.05) is 12.4 Å². The van der Waals surface area contributed by atoms with Gasteiger partial charge in [-0.05, 0) is 58.8 Å². The SMILES string of the molecule is Cc1cc(NC(=O)C2=CC(c3cc(Br)cs3)=NS(=O)(=O)N2C)ccc1F.